The highest BCUT2D eigenvalue weighted by Crippen LogP contribution is 2.39. The van der Waals surface area contributed by atoms with E-state index in [2.05, 4.69) is 25.6 Å². The van der Waals surface area contributed by atoms with Crippen LogP contribution in [0.5, 0.6) is 0 Å². The Bertz CT molecular complexity index is 1110. The summed E-state index contributed by atoms with van der Waals surface area (Å²) in [4.78, 5) is 15.0. The van der Waals surface area contributed by atoms with Crippen molar-refractivity contribution < 1.29 is 31.1 Å². The van der Waals surface area contributed by atoms with Gasteiger partial charge in [-0.05, 0) is 24.6 Å². The van der Waals surface area contributed by atoms with Crippen molar-refractivity contribution in [1.82, 2.24) is 25.0 Å². The molecule has 1 aromatic carbocycles. The zero-order valence-corrected chi connectivity index (χ0v) is 16.2. The predicted molar refractivity (Wildman–Crippen MR) is 97.5 cm³/mol. The average Bonchev–Trinajstić information content (AvgIpc) is 3.03. The Labute approximate surface area is 171 Å². The number of hydrogen-bond acceptors (Lipinski definition) is 5. The third-order valence-electron chi connectivity index (χ3n) is 4.44. The molecule has 3 aromatic rings. The number of nitrogens with zero attached hydrogens (tertiary/aromatic N) is 5. The number of anilines is 1. The van der Waals surface area contributed by atoms with Gasteiger partial charge in [0.25, 0.3) is 5.95 Å². The Hall–Kier alpha value is -3.25. The van der Waals surface area contributed by atoms with Gasteiger partial charge in [-0.3, -0.25) is 4.79 Å². The number of benzene rings is 1. The molecule has 1 N–H and O–H groups in total. The van der Waals surface area contributed by atoms with E-state index in [0.717, 1.165) is 16.8 Å². The van der Waals surface area contributed by atoms with Crippen LogP contribution in [0.1, 0.15) is 37.6 Å². The summed E-state index contributed by atoms with van der Waals surface area (Å²) < 4.78 is 79.0. The van der Waals surface area contributed by atoms with Crippen molar-refractivity contribution in [3.63, 3.8) is 0 Å². The summed E-state index contributed by atoms with van der Waals surface area (Å²) in [6.07, 6.45) is -7.69. The minimum atomic E-state index is -5.72. The Morgan fingerprint density at radius 1 is 1.16 bits per heavy atom. The second-order valence-electron chi connectivity index (χ2n) is 6.98. The van der Waals surface area contributed by atoms with Crippen LogP contribution in [-0.4, -0.2) is 43.5 Å². The van der Waals surface area contributed by atoms with Gasteiger partial charge in [0.1, 0.15) is 11.5 Å². The van der Waals surface area contributed by atoms with Gasteiger partial charge in [-0.25, -0.2) is 4.39 Å². The van der Waals surface area contributed by atoms with E-state index in [0.29, 0.717) is 12.1 Å². The fourth-order valence-corrected chi connectivity index (χ4v) is 2.87. The maximum atomic E-state index is 13.7. The number of fused-ring (bicyclic) bond motifs is 1. The summed E-state index contributed by atoms with van der Waals surface area (Å²) >= 11 is 0. The average molecular weight is 446 g/mol. The molecule has 0 spiro atoms. The van der Waals surface area contributed by atoms with Crippen LogP contribution in [-0.2, 0) is 11.2 Å². The molecule has 2 heterocycles. The molecule has 31 heavy (non-hydrogen) atoms. The lowest BCUT2D eigenvalue weighted by Crippen LogP contribution is -2.36. The van der Waals surface area contributed by atoms with Gasteiger partial charge in [0.05, 0.1) is 11.2 Å². The van der Waals surface area contributed by atoms with Gasteiger partial charge in [0, 0.05) is 17.7 Å². The first-order valence-corrected chi connectivity index (χ1v) is 9.01. The van der Waals surface area contributed by atoms with Crippen LogP contribution in [0.4, 0.5) is 32.2 Å². The number of nitrogens with one attached hydrogen (secondary N) is 1. The van der Waals surface area contributed by atoms with Gasteiger partial charge in [-0.1, -0.05) is 13.8 Å². The molecule has 0 radical (unpaired) electrons. The Balaban J connectivity index is 2.08. The fraction of sp³-hybridized carbons (Fsp3) is 0.389. The molecule has 0 saturated carbocycles. The van der Waals surface area contributed by atoms with Crippen LogP contribution in [0.25, 0.3) is 16.9 Å². The number of hydrogen-bond donors (Lipinski definition) is 1. The van der Waals surface area contributed by atoms with Crippen molar-refractivity contribution >= 4 is 23.1 Å². The van der Waals surface area contributed by atoms with Gasteiger partial charge >= 0.3 is 12.1 Å². The molecule has 13 heteroatoms. The summed E-state index contributed by atoms with van der Waals surface area (Å²) in [5.41, 5.74) is 0.339. The molecule has 0 aliphatic carbocycles. The Morgan fingerprint density at radius 3 is 2.48 bits per heavy atom. The van der Waals surface area contributed by atoms with E-state index in [-0.39, 0.29) is 34.3 Å². The van der Waals surface area contributed by atoms with Crippen LogP contribution in [0.3, 0.4) is 0 Å². The van der Waals surface area contributed by atoms with Gasteiger partial charge in [-0.2, -0.15) is 36.7 Å². The molecule has 0 aliphatic rings. The zero-order valence-electron chi connectivity index (χ0n) is 16.2. The zero-order chi connectivity index (χ0) is 23.0. The largest absolute Gasteiger partial charge is 0.453 e. The number of alkyl halides is 5. The van der Waals surface area contributed by atoms with E-state index < -0.39 is 30.8 Å². The van der Waals surface area contributed by atoms with E-state index in [4.69, 9.17) is 0 Å². The minimum Gasteiger partial charge on any atom is -0.312 e. The van der Waals surface area contributed by atoms with E-state index in [1.165, 1.54) is 6.07 Å². The van der Waals surface area contributed by atoms with E-state index in [1.54, 1.807) is 13.8 Å². The number of aromatic nitrogens is 5. The SMILES string of the molecule is CC(C)c1nnc(-n2nc(CCC(F)(F)C(F)(F)F)c3cc(F)ccc32)nc1NC=O. The molecule has 0 bridgehead atoms. The molecule has 166 valence electrons. The molecule has 0 unspecified atom stereocenters. The molecule has 0 aliphatic heterocycles. The monoisotopic (exact) mass is 446 g/mol. The van der Waals surface area contributed by atoms with Crippen LogP contribution in [0, 0.1) is 5.82 Å². The fourth-order valence-electron chi connectivity index (χ4n) is 2.87. The van der Waals surface area contributed by atoms with Gasteiger partial charge < -0.3 is 5.32 Å². The molecular weight excluding hydrogens is 430 g/mol. The van der Waals surface area contributed by atoms with Crippen molar-refractivity contribution in [1.29, 1.82) is 0 Å². The van der Waals surface area contributed by atoms with Crippen LogP contribution < -0.4 is 5.32 Å². The number of carbonyl (C=O) groups excluding carboxylic acids is 1. The quantitative estimate of drug-likeness (QED) is 0.435. The Morgan fingerprint density at radius 2 is 1.87 bits per heavy atom. The van der Waals surface area contributed by atoms with E-state index >= 15 is 0 Å². The van der Waals surface area contributed by atoms with Crippen LogP contribution >= 0.6 is 0 Å². The number of amides is 1. The first-order chi connectivity index (χ1) is 14.4. The Kier molecular flexibility index (Phi) is 5.87. The maximum absolute atomic E-state index is 13.7. The normalized spacial score (nSPS) is 12.5. The van der Waals surface area contributed by atoms with Crippen LogP contribution in [0.2, 0.25) is 0 Å². The lowest BCUT2D eigenvalue weighted by atomic mass is 10.1. The summed E-state index contributed by atoms with van der Waals surface area (Å²) in [5.74, 6) is -5.92. The van der Waals surface area contributed by atoms with Crippen molar-refractivity contribution in [3.05, 3.63) is 35.4 Å². The first kappa shape index (κ1) is 22.4. The van der Waals surface area contributed by atoms with E-state index in [1.807, 2.05) is 0 Å². The molecule has 1 amide bonds. The van der Waals surface area contributed by atoms with Crippen molar-refractivity contribution in [2.75, 3.05) is 5.32 Å². The maximum Gasteiger partial charge on any atom is 0.453 e. The van der Waals surface area contributed by atoms with Crippen molar-refractivity contribution in [2.45, 2.75) is 44.7 Å². The minimum absolute atomic E-state index is 0.0272. The number of carbonyl (C=O) groups is 1. The molecule has 2 aromatic heterocycles. The number of aryl methyl sites for hydroxylation is 1. The molecular formula is C18H16F6N6O. The van der Waals surface area contributed by atoms with Crippen LogP contribution in [0.15, 0.2) is 18.2 Å². The highest BCUT2D eigenvalue weighted by molar-refractivity contribution is 5.83. The number of rotatable bonds is 7. The molecule has 0 fully saturated rings. The number of halogens is 6. The third kappa shape index (κ3) is 4.44. The summed E-state index contributed by atoms with van der Waals surface area (Å²) in [5, 5.41) is 14.3. The van der Waals surface area contributed by atoms with Gasteiger partial charge in [0.15, 0.2) is 5.82 Å². The standard InChI is InChI=1S/C18H16F6N6O/c1-9(2)14-15(25-8-31)26-16(28-27-14)30-13-4-3-10(19)7-11(13)12(29-30)5-6-17(20,21)18(22,23)24/h3-4,7-9H,5-6H2,1-2H3,(H,25,26,28,31). The van der Waals surface area contributed by atoms with Crippen molar-refractivity contribution in [3.8, 4) is 5.95 Å². The smallest absolute Gasteiger partial charge is 0.312 e. The highest BCUT2D eigenvalue weighted by atomic mass is 19.4. The summed E-state index contributed by atoms with van der Waals surface area (Å²) in [7, 11) is 0. The predicted octanol–water partition coefficient (Wildman–Crippen LogP) is 4.17. The molecule has 0 saturated heterocycles. The van der Waals surface area contributed by atoms with Gasteiger partial charge in [-0.15, -0.1) is 10.2 Å². The van der Waals surface area contributed by atoms with Gasteiger partial charge in [0.2, 0.25) is 6.41 Å². The second kappa shape index (κ2) is 8.12. The molecule has 7 nitrogen and oxygen atoms in total. The summed E-state index contributed by atoms with van der Waals surface area (Å²) in [6.45, 7) is 3.57. The molecule has 3 rings (SSSR count). The third-order valence-corrected chi connectivity index (χ3v) is 4.44. The topological polar surface area (TPSA) is 85.6 Å². The van der Waals surface area contributed by atoms with E-state index in [9.17, 15) is 31.1 Å². The lowest BCUT2D eigenvalue weighted by molar-refractivity contribution is -0.284. The second-order valence-corrected chi connectivity index (χ2v) is 6.98. The lowest BCUT2D eigenvalue weighted by Gasteiger charge is -2.18. The summed E-state index contributed by atoms with van der Waals surface area (Å²) in [6, 6.07) is 3.30. The van der Waals surface area contributed by atoms with Crippen molar-refractivity contribution in [2.24, 2.45) is 0 Å². The molecule has 0 atom stereocenters. The highest BCUT2D eigenvalue weighted by Gasteiger charge is 2.56. The first-order valence-electron chi connectivity index (χ1n) is 9.01.